The fourth-order valence-electron chi connectivity index (χ4n) is 3.35. The molecule has 1 aliphatic rings. The van der Waals surface area contributed by atoms with E-state index in [1.807, 2.05) is 11.4 Å². The molecule has 2 aromatic heterocycles. The Labute approximate surface area is 162 Å². The summed E-state index contributed by atoms with van der Waals surface area (Å²) in [6.07, 6.45) is 0.996. The summed E-state index contributed by atoms with van der Waals surface area (Å²) in [5, 5.41) is 3.83. The molecule has 0 aliphatic carbocycles. The molecule has 4 rings (SSSR count). The van der Waals surface area contributed by atoms with Gasteiger partial charge in [0.2, 0.25) is 10.0 Å². The molecule has 3 heterocycles. The lowest BCUT2D eigenvalue weighted by Gasteiger charge is -2.35. The van der Waals surface area contributed by atoms with Crippen molar-refractivity contribution in [3.05, 3.63) is 75.3 Å². The smallest absolute Gasteiger partial charge is 0.250 e. The summed E-state index contributed by atoms with van der Waals surface area (Å²) in [5.74, 6) is 0. The average molecular weight is 405 g/mol. The number of fused-ring (bicyclic) bond motifs is 1. The SMILES string of the molecule is O=S(=O)(NC[C@@H](c1cccs1)N1CCc2ccccc2C1)c1cccs1. The number of sulfonamides is 1. The fourth-order valence-corrected chi connectivity index (χ4v) is 6.29. The van der Waals surface area contributed by atoms with Gasteiger partial charge in [0.15, 0.2) is 0 Å². The molecule has 0 spiro atoms. The highest BCUT2D eigenvalue weighted by Gasteiger charge is 2.27. The maximum Gasteiger partial charge on any atom is 0.250 e. The molecule has 0 amide bonds. The largest absolute Gasteiger partial charge is 0.290 e. The second-order valence-electron chi connectivity index (χ2n) is 6.30. The molecule has 0 bridgehead atoms. The average Bonchev–Trinajstić information content (AvgIpc) is 3.36. The third-order valence-electron chi connectivity index (χ3n) is 4.70. The zero-order chi connectivity index (χ0) is 18.0. The molecule has 3 aromatic rings. The van der Waals surface area contributed by atoms with Gasteiger partial charge in [0, 0.05) is 24.5 Å². The van der Waals surface area contributed by atoms with Crippen LogP contribution in [0.4, 0.5) is 0 Å². The van der Waals surface area contributed by atoms with Crippen molar-refractivity contribution in [3.8, 4) is 0 Å². The predicted octanol–water partition coefficient (Wildman–Crippen LogP) is 3.89. The van der Waals surface area contributed by atoms with E-state index in [-0.39, 0.29) is 6.04 Å². The van der Waals surface area contributed by atoms with E-state index >= 15 is 0 Å². The minimum atomic E-state index is -3.46. The molecule has 1 aliphatic heterocycles. The first-order chi connectivity index (χ1) is 12.6. The zero-order valence-corrected chi connectivity index (χ0v) is 16.6. The van der Waals surface area contributed by atoms with Crippen LogP contribution in [0.15, 0.2) is 63.5 Å². The molecule has 1 aromatic carbocycles. The molecule has 7 heteroatoms. The van der Waals surface area contributed by atoms with Gasteiger partial charge in [-0.3, -0.25) is 4.90 Å². The van der Waals surface area contributed by atoms with E-state index in [2.05, 4.69) is 40.0 Å². The zero-order valence-electron chi connectivity index (χ0n) is 14.2. The summed E-state index contributed by atoms with van der Waals surface area (Å²) in [5.41, 5.74) is 2.73. The van der Waals surface area contributed by atoms with Gasteiger partial charge in [-0.15, -0.1) is 22.7 Å². The highest BCUT2D eigenvalue weighted by atomic mass is 32.2. The van der Waals surface area contributed by atoms with E-state index in [1.54, 1.807) is 28.8 Å². The Morgan fingerprint density at radius 1 is 1.00 bits per heavy atom. The van der Waals surface area contributed by atoms with Gasteiger partial charge < -0.3 is 0 Å². The minimum absolute atomic E-state index is 0.0399. The van der Waals surface area contributed by atoms with Gasteiger partial charge in [0.1, 0.15) is 4.21 Å². The Bertz CT molecular complexity index is 951. The molecule has 0 saturated carbocycles. The van der Waals surface area contributed by atoms with Crippen molar-refractivity contribution in [1.29, 1.82) is 0 Å². The van der Waals surface area contributed by atoms with Crippen molar-refractivity contribution in [2.45, 2.75) is 23.2 Å². The minimum Gasteiger partial charge on any atom is -0.290 e. The highest BCUT2D eigenvalue weighted by Crippen LogP contribution is 2.30. The number of hydrogen-bond donors (Lipinski definition) is 1. The molecule has 4 nitrogen and oxygen atoms in total. The predicted molar refractivity (Wildman–Crippen MR) is 107 cm³/mol. The second kappa shape index (κ2) is 7.62. The summed E-state index contributed by atoms with van der Waals surface area (Å²) >= 11 is 2.92. The molecule has 0 radical (unpaired) electrons. The Morgan fingerprint density at radius 3 is 2.50 bits per heavy atom. The van der Waals surface area contributed by atoms with E-state index in [0.29, 0.717) is 10.8 Å². The van der Waals surface area contributed by atoms with Crippen LogP contribution in [-0.4, -0.2) is 26.4 Å². The number of thiophene rings is 2. The normalized spacial score (nSPS) is 16.3. The molecule has 1 atom stereocenters. The summed E-state index contributed by atoms with van der Waals surface area (Å²) in [6, 6.07) is 16.1. The van der Waals surface area contributed by atoms with Crippen LogP contribution in [0.2, 0.25) is 0 Å². The van der Waals surface area contributed by atoms with Crippen LogP contribution < -0.4 is 4.72 Å². The molecule has 0 saturated heterocycles. The van der Waals surface area contributed by atoms with Gasteiger partial charge in [-0.1, -0.05) is 36.4 Å². The van der Waals surface area contributed by atoms with Crippen LogP contribution in [0.25, 0.3) is 0 Å². The molecule has 136 valence electrons. The number of rotatable bonds is 6. The molecule has 26 heavy (non-hydrogen) atoms. The van der Waals surface area contributed by atoms with Crippen molar-refractivity contribution in [2.24, 2.45) is 0 Å². The summed E-state index contributed by atoms with van der Waals surface area (Å²) in [4.78, 5) is 3.57. The Hall–Kier alpha value is -1.51. The third kappa shape index (κ3) is 3.77. The van der Waals surface area contributed by atoms with Gasteiger partial charge in [-0.05, 0) is 40.4 Å². The first-order valence-electron chi connectivity index (χ1n) is 8.51. The fraction of sp³-hybridized carbons (Fsp3) is 0.263. The van der Waals surface area contributed by atoms with Crippen LogP contribution in [0.1, 0.15) is 22.0 Å². The maximum absolute atomic E-state index is 12.5. The van der Waals surface area contributed by atoms with E-state index in [1.165, 1.54) is 27.3 Å². The first-order valence-corrected chi connectivity index (χ1v) is 11.7. The van der Waals surface area contributed by atoms with E-state index in [9.17, 15) is 8.42 Å². The van der Waals surface area contributed by atoms with Crippen LogP contribution >= 0.6 is 22.7 Å². The second-order valence-corrected chi connectivity index (χ2v) is 10.2. The Morgan fingerprint density at radius 2 is 1.77 bits per heavy atom. The monoisotopic (exact) mass is 404 g/mol. The number of benzene rings is 1. The highest BCUT2D eigenvalue weighted by molar-refractivity contribution is 7.91. The number of nitrogens with zero attached hydrogens (tertiary/aromatic N) is 1. The number of nitrogens with one attached hydrogen (secondary N) is 1. The molecule has 0 unspecified atom stereocenters. The van der Waals surface area contributed by atoms with Gasteiger partial charge in [-0.2, -0.15) is 0 Å². The number of hydrogen-bond acceptors (Lipinski definition) is 5. The van der Waals surface area contributed by atoms with Crippen LogP contribution in [0.3, 0.4) is 0 Å². The van der Waals surface area contributed by atoms with Gasteiger partial charge in [0.25, 0.3) is 0 Å². The topological polar surface area (TPSA) is 49.4 Å². The summed E-state index contributed by atoms with van der Waals surface area (Å²) in [7, 11) is -3.46. The molecule has 1 N–H and O–H groups in total. The quantitative estimate of drug-likeness (QED) is 0.678. The van der Waals surface area contributed by atoms with Crippen LogP contribution in [0.5, 0.6) is 0 Å². The lowest BCUT2D eigenvalue weighted by Crippen LogP contribution is -2.40. The van der Waals surface area contributed by atoms with Crippen molar-refractivity contribution in [2.75, 3.05) is 13.1 Å². The Balaban J connectivity index is 1.55. The molecular weight excluding hydrogens is 384 g/mol. The Kier molecular flexibility index (Phi) is 5.24. The van der Waals surface area contributed by atoms with Crippen LogP contribution in [-0.2, 0) is 23.0 Å². The van der Waals surface area contributed by atoms with Crippen molar-refractivity contribution in [1.82, 2.24) is 9.62 Å². The van der Waals surface area contributed by atoms with Gasteiger partial charge in [0.05, 0.1) is 6.04 Å². The van der Waals surface area contributed by atoms with Crippen molar-refractivity contribution >= 4 is 32.7 Å². The molecular formula is C19H20N2O2S3. The van der Waals surface area contributed by atoms with Crippen molar-refractivity contribution in [3.63, 3.8) is 0 Å². The lowest BCUT2D eigenvalue weighted by atomic mass is 9.98. The third-order valence-corrected chi connectivity index (χ3v) is 8.49. The van der Waals surface area contributed by atoms with E-state index < -0.39 is 10.0 Å². The van der Waals surface area contributed by atoms with Crippen molar-refractivity contribution < 1.29 is 8.42 Å². The standard InChI is InChI=1S/C19H20N2O2S3/c22-26(23,19-8-4-12-25-19)20-13-17(18-7-3-11-24-18)21-10-9-15-5-1-2-6-16(15)14-21/h1-8,11-12,17,20H,9-10,13-14H2/t17-/m0/s1. The van der Waals surface area contributed by atoms with Gasteiger partial charge in [-0.25, -0.2) is 13.1 Å². The molecule has 0 fully saturated rings. The van der Waals surface area contributed by atoms with Gasteiger partial charge >= 0.3 is 0 Å². The van der Waals surface area contributed by atoms with Crippen LogP contribution in [0, 0.1) is 0 Å². The summed E-state index contributed by atoms with van der Waals surface area (Å²) < 4.78 is 28.3. The maximum atomic E-state index is 12.5. The van der Waals surface area contributed by atoms with E-state index in [4.69, 9.17) is 0 Å². The summed E-state index contributed by atoms with van der Waals surface area (Å²) in [6.45, 7) is 2.16. The van der Waals surface area contributed by atoms with E-state index in [0.717, 1.165) is 19.5 Å². The lowest BCUT2D eigenvalue weighted by molar-refractivity contribution is 0.183. The first kappa shape index (κ1) is 17.9.